The summed E-state index contributed by atoms with van der Waals surface area (Å²) in [6.45, 7) is 2.31. The molecule has 0 spiro atoms. The highest BCUT2D eigenvalue weighted by molar-refractivity contribution is 5.30. The van der Waals surface area contributed by atoms with Gasteiger partial charge in [-0.15, -0.1) is 0 Å². The van der Waals surface area contributed by atoms with Gasteiger partial charge >= 0.3 is 0 Å². The summed E-state index contributed by atoms with van der Waals surface area (Å²) in [5.41, 5.74) is 1.85. The van der Waals surface area contributed by atoms with Gasteiger partial charge in [-0.1, -0.05) is 24.3 Å². The van der Waals surface area contributed by atoms with Gasteiger partial charge in [0.15, 0.2) is 5.76 Å². The molecule has 2 aromatic carbocycles. The van der Waals surface area contributed by atoms with Crippen LogP contribution in [0.1, 0.15) is 16.9 Å². The van der Waals surface area contributed by atoms with Crippen molar-refractivity contribution >= 4 is 0 Å². The first-order valence-electron chi connectivity index (χ1n) is 9.65. The molecule has 0 aliphatic carbocycles. The van der Waals surface area contributed by atoms with Crippen LogP contribution in [0.4, 0.5) is 0 Å². The maximum absolute atomic E-state index is 10.5. The van der Waals surface area contributed by atoms with E-state index in [4.69, 9.17) is 13.9 Å². The van der Waals surface area contributed by atoms with E-state index >= 15 is 0 Å². The van der Waals surface area contributed by atoms with Gasteiger partial charge in [0, 0.05) is 5.56 Å². The van der Waals surface area contributed by atoms with Gasteiger partial charge in [-0.05, 0) is 42.0 Å². The number of nitrogens with one attached hydrogen (secondary N) is 1. The van der Waals surface area contributed by atoms with E-state index in [0.29, 0.717) is 26.2 Å². The largest absolute Gasteiger partial charge is 0.507 e. The van der Waals surface area contributed by atoms with E-state index in [1.165, 1.54) is 0 Å². The van der Waals surface area contributed by atoms with Gasteiger partial charge < -0.3 is 29.0 Å². The van der Waals surface area contributed by atoms with Crippen LogP contribution in [-0.2, 0) is 24.4 Å². The second kappa shape index (κ2) is 10.7. The smallest absolute Gasteiger partial charge is 0.157 e. The molecule has 0 fully saturated rings. The van der Waals surface area contributed by atoms with Crippen molar-refractivity contribution in [2.45, 2.75) is 25.8 Å². The molecule has 1 aromatic heterocycles. The van der Waals surface area contributed by atoms with Gasteiger partial charge in [0.05, 0.1) is 26.6 Å². The van der Waals surface area contributed by atoms with E-state index in [2.05, 4.69) is 0 Å². The van der Waals surface area contributed by atoms with E-state index in [9.17, 15) is 10.2 Å². The van der Waals surface area contributed by atoms with E-state index in [1.807, 2.05) is 48.5 Å². The molecule has 0 bridgehead atoms. The highest BCUT2D eigenvalue weighted by atomic mass is 16.5. The van der Waals surface area contributed by atoms with E-state index in [0.717, 1.165) is 27.5 Å². The van der Waals surface area contributed by atoms with Gasteiger partial charge in [-0.3, -0.25) is 0 Å². The molecule has 29 heavy (non-hydrogen) atoms. The van der Waals surface area contributed by atoms with Crippen LogP contribution in [0.15, 0.2) is 71.3 Å². The average molecular weight is 398 g/mol. The van der Waals surface area contributed by atoms with Crippen molar-refractivity contribution in [3.63, 3.8) is 0 Å². The van der Waals surface area contributed by atoms with E-state index in [-0.39, 0.29) is 12.4 Å². The zero-order valence-electron chi connectivity index (χ0n) is 16.6. The Hall–Kier alpha value is -2.80. The Morgan fingerprint density at radius 1 is 1.00 bits per heavy atom. The Balaban J connectivity index is 1.53. The maximum Gasteiger partial charge on any atom is 0.157 e. The molecule has 0 aliphatic heterocycles. The minimum Gasteiger partial charge on any atom is -0.507 e. The van der Waals surface area contributed by atoms with Crippen molar-refractivity contribution in [1.82, 2.24) is 0 Å². The number of hydrogen-bond acceptors (Lipinski definition) is 5. The van der Waals surface area contributed by atoms with Crippen LogP contribution in [0, 0.1) is 0 Å². The zero-order valence-corrected chi connectivity index (χ0v) is 16.6. The first-order valence-corrected chi connectivity index (χ1v) is 9.65. The number of hydrogen-bond donors (Lipinski definition) is 3. The molecule has 2 atom stereocenters. The Morgan fingerprint density at radius 3 is 2.48 bits per heavy atom. The van der Waals surface area contributed by atoms with Crippen LogP contribution >= 0.6 is 0 Å². The summed E-state index contributed by atoms with van der Waals surface area (Å²) in [6, 6.07) is 18.7. The summed E-state index contributed by atoms with van der Waals surface area (Å²) < 4.78 is 16.3. The van der Waals surface area contributed by atoms with Gasteiger partial charge in [0.25, 0.3) is 0 Å². The minimum absolute atomic E-state index is 0.231. The molecule has 0 amide bonds. The third-order valence-electron chi connectivity index (χ3n) is 4.70. The van der Waals surface area contributed by atoms with Crippen molar-refractivity contribution in [3.8, 4) is 11.5 Å². The summed E-state index contributed by atoms with van der Waals surface area (Å²) >= 11 is 0. The molecule has 6 heteroatoms. The zero-order chi connectivity index (χ0) is 20.5. The molecule has 1 unspecified atom stereocenters. The number of quaternary nitrogens is 1. The van der Waals surface area contributed by atoms with Crippen molar-refractivity contribution in [2.24, 2.45) is 0 Å². The van der Waals surface area contributed by atoms with Crippen molar-refractivity contribution in [3.05, 3.63) is 83.8 Å². The van der Waals surface area contributed by atoms with Crippen LogP contribution in [-0.4, -0.2) is 36.6 Å². The van der Waals surface area contributed by atoms with Crippen molar-refractivity contribution in [2.75, 3.05) is 20.3 Å². The number of methoxy groups -OCH3 is 1. The van der Waals surface area contributed by atoms with Gasteiger partial charge in [0.1, 0.15) is 37.2 Å². The number of phenolic OH excluding ortho intramolecular Hbond substituents is 1. The first-order chi connectivity index (χ1) is 14.1. The van der Waals surface area contributed by atoms with E-state index < -0.39 is 6.10 Å². The van der Waals surface area contributed by atoms with E-state index in [1.54, 1.807) is 25.5 Å². The minimum atomic E-state index is -0.635. The Labute approximate surface area is 170 Å². The fraction of sp³-hybridized carbons (Fsp3) is 0.304. The Bertz CT molecular complexity index is 848. The standard InChI is InChI=1S/C23H27NO5/c1-27-21-10-8-18(9-11-21)16-28-17-20(25)14-24(15-22-6-4-12-29-22)13-19-5-2-3-7-23(19)26/h2-12,20,25-26H,13-17H2,1H3/p+1/t20-/m1/s1. The summed E-state index contributed by atoms with van der Waals surface area (Å²) in [7, 11) is 1.63. The molecule has 3 rings (SSSR count). The molecule has 1 heterocycles. The number of aromatic hydroxyl groups is 1. The molecule has 6 nitrogen and oxygen atoms in total. The summed E-state index contributed by atoms with van der Waals surface area (Å²) in [6.07, 6.45) is 1.01. The third kappa shape index (κ3) is 6.64. The molecule has 0 aliphatic rings. The number of aliphatic hydroxyl groups is 1. The number of aliphatic hydroxyl groups excluding tert-OH is 1. The molecule has 3 aromatic rings. The molecule has 0 saturated heterocycles. The molecule has 0 saturated carbocycles. The molecular formula is C23H28NO5+. The van der Waals surface area contributed by atoms with Crippen LogP contribution in [0.25, 0.3) is 0 Å². The lowest BCUT2D eigenvalue weighted by Crippen LogP contribution is -3.10. The summed E-state index contributed by atoms with van der Waals surface area (Å²) in [5.74, 6) is 1.89. The maximum atomic E-state index is 10.5. The Morgan fingerprint density at radius 2 is 1.79 bits per heavy atom. The fourth-order valence-corrected chi connectivity index (χ4v) is 3.22. The number of ether oxygens (including phenoxy) is 2. The van der Waals surface area contributed by atoms with Gasteiger partial charge in [0.2, 0.25) is 0 Å². The molecule has 154 valence electrons. The monoisotopic (exact) mass is 398 g/mol. The van der Waals surface area contributed by atoms with Gasteiger partial charge in [-0.2, -0.15) is 0 Å². The van der Waals surface area contributed by atoms with Crippen molar-refractivity contribution in [1.29, 1.82) is 0 Å². The average Bonchev–Trinajstić information content (AvgIpc) is 3.23. The molecule has 0 radical (unpaired) electrons. The Kier molecular flexibility index (Phi) is 7.69. The van der Waals surface area contributed by atoms with Crippen LogP contribution < -0.4 is 9.64 Å². The molecule has 3 N–H and O–H groups in total. The predicted molar refractivity (Wildman–Crippen MR) is 109 cm³/mol. The number of para-hydroxylation sites is 1. The second-order valence-corrected chi connectivity index (χ2v) is 7.03. The van der Waals surface area contributed by atoms with Crippen LogP contribution in [0.5, 0.6) is 11.5 Å². The van der Waals surface area contributed by atoms with Crippen LogP contribution in [0.2, 0.25) is 0 Å². The third-order valence-corrected chi connectivity index (χ3v) is 4.70. The number of benzene rings is 2. The highest BCUT2D eigenvalue weighted by Gasteiger charge is 2.19. The lowest BCUT2D eigenvalue weighted by Gasteiger charge is -2.22. The summed E-state index contributed by atoms with van der Waals surface area (Å²) in [4.78, 5) is 1.07. The predicted octanol–water partition coefficient (Wildman–Crippen LogP) is 2.16. The first kappa shape index (κ1) is 20.9. The topological polar surface area (TPSA) is 76.5 Å². The number of phenols is 1. The quantitative estimate of drug-likeness (QED) is 0.462. The second-order valence-electron chi connectivity index (χ2n) is 7.03. The normalized spacial score (nSPS) is 13.2. The number of furan rings is 1. The van der Waals surface area contributed by atoms with Crippen molar-refractivity contribution < 1.29 is 29.0 Å². The fourth-order valence-electron chi connectivity index (χ4n) is 3.22. The SMILES string of the molecule is COc1ccc(COC[C@H](O)C[NH+](Cc2ccco2)Cc2ccccc2O)cc1. The van der Waals surface area contributed by atoms with Gasteiger partial charge in [-0.25, -0.2) is 0 Å². The lowest BCUT2D eigenvalue weighted by atomic mass is 10.1. The highest BCUT2D eigenvalue weighted by Crippen LogP contribution is 2.14. The summed E-state index contributed by atoms with van der Waals surface area (Å²) in [5, 5.41) is 20.6. The molecular weight excluding hydrogens is 370 g/mol. The van der Waals surface area contributed by atoms with Crippen LogP contribution in [0.3, 0.4) is 0 Å². The lowest BCUT2D eigenvalue weighted by molar-refractivity contribution is -0.931. The number of rotatable bonds is 11.